The molecule has 0 heterocycles. The first-order valence-electron chi connectivity index (χ1n) is 14.3. The van der Waals surface area contributed by atoms with Gasteiger partial charge in [-0.05, 0) is 18.8 Å². The Balaban J connectivity index is 3.61. The first-order valence-corrected chi connectivity index (χ1v) is 14.3. The molecule has 2 N–H and O–H groups in total. The van der Waals surface area contributed by atoms with E-state index in [-0.39, 0.29) is 0 Å². The van der Waals surface area contributed by atoms with E-state index in [1.807, 2.05) is 0 Å². The summed E-state index contributed by atoms with van der Waals surface area (Å²) in [7, 11) is 0. The molecule has 0 spiro atoms. The topological polar surface area (TPSA) is 39.7 Å². The van der Waals surface area contributed by atoms with Gasteiger partial charge in [0.15, 0.2) is 0 Å². The number of hydrogen-bond donors (Lipinski definition) is 1. The van der Waals surface area contributed by atoms with Crippen molar-refractivity contribution in [2.45, 2.75) is 168 Å². The monoisotopic (exact) mass is 425 g/mol. The van der Waals surface area contributed by atoms with E-state index in [4.69, 9.17) is 0 Å². The summed E-state index contributed by atoms with van der Waals surface area (Å²) in [4.78, 5) is 0. The Morgan fingerprint density at radius 1 is 0.433 bits per heavy atom. The molecule has 0 aromatic carbocycles. The third-order valence-corrected chi connectivity index (χ3v) is 6.87. The molecular weight excluding hydrogens is 366 g/mol. The van der Waals surface area contributed by atoms with E-state index in [0.717, 1.165) is 24.4 Å². The molecule has 0 saturated heterocycles. The molecule has 0 bridgehead atoms. The summed E-state index contributed by atoms with van der Waals surface area (Å²) in [5, 5.41) is 10.7. The van der Waals surface area contributed by atoms with Gasteiger partial charge in [0.25, 0.3) is 0 Å². The molecule has 0 aliphatic heterocycles. The third kappa shape index (κ3) is 24.2. The zero-order valence-electron chi connectivity index (χ0n) is 21.2. The van der Waals surface area contributed by atoms with Gasteiger partial charge in [-0.3, -0.25) is 0 Å². The molecule has 0 radical (unpaired) electrons. The molecule has 0 atom stereocenters. The first kappa shape index (κ1) is 29.9. The summed E-state index contributed by atoms with van der Waals surface area (Å²) in [5.41, 5.74) is 1.11. The predicted octanol–water partition coefficient (Wildman–Crippen LogP) is 9.07. The number of quaternary nitrogens is 1. The fourth-order valence-electron chi connectivity index (χ4n) is 4.76. The van der Waals surface area contributed by atoms with Crippen LogP contribution in [0.4, 0.5) is 0 Å². The lowest BCUT2D eigenvalue weighted by atomic mass is 9.90. The molecule has 0 aliphatic rings. The number of rotatable bonds is 26. The van der Waals surface area contributed by atoms with Gasteiger partial charge in [0.1, 0.15) is 0 Å². The van der Waals surface area contributed by atoms with Crippen molar-refractivity contribution < 1.29 is 5.48 Å². The standard InChI is InChI=1S/C28H59NO/c1-3-5-7-9-11-13-15-17-19-21-24-28(26-23-27-29-30)25-22-20-18-16-14-12-10-8-6-4-2/h28H,3-27,29H2,1-2H3. The van der Waals surface area contributed by atoms with E-state index >= 15 is 0 Å². The fourth-order valence-corrected chi connectivity index (χ4v) is 4.76. The zero-order chi connectivity index (χ0) is 22.0. The normalized spacial score (nSPS) is 11.6. The van der Waals surface area contributed by atoms with E-state index in [1.54, 1.807) is 0 Å². The zero-order valence-corrected chi connectivity index (χ0v) is 21.2. The molecule has 30 heavy (non-hydrogen) atoms. The SMILES string of the molecule is CCCCCCCCCCCCC(CCCCCCCCCCCC)CCC[NH2+][O-]. The Kier molecular flexibility index (Phi) is 26.9. The van der Waals surface area contributed by atoms with Crippen LogP contribution in [0.1, 0.15) is 168 Å². The Labute approximate surface area is 191 Å². The van der Waals surface area contributed by atoms with Crippen LogP contribution >= 0.6 is 0 Å². The second kappa shape index (κ2) is 27.0. The maximum Gasteiger partial charge on any atom is 0.0752 e. The molecule has 182 valence electrons. The number of nitrogens with two attached hydrogens (primary N) is 1. The minimum Gasteiger partial charge on any atom is -0.636 e. The number of hydrogen-bond acceptors (Lipinski definition) is 1. The Bertz CT molecular complexity index is 270. The van der Waals surface area contributed by atoms with Crippen molar-refractivity contribution in [1.82, 2.24) is 0 Å². The average Bonchev–Trinajstić information content (AvgIpc) is 2.76. The highest BCUT2D eigenvalue weighted by Gasteiger charge is 2.09. The Morgan fingerprint density at radius 3 is 1.07 bits per heavy atom. The summed E-state index contributed by atoms with van der Waals surface area (Å²) in [6, 6.07) is 0. The van der Waals surface area contributed by atoms with Gasteiger partial charge in [-0.1, -0.05) is 155 Å². The quantitative estimate of drug-likeness (QED) is 0.109. The molecular formula is C28H59NO. The van der Waals surface area contributed by atoms with Crippen LogP contribution in [0.2, 0.25) is 0 Å². The van der Waals surface area contributed by atoms with Gasteiger partial charge in [-0.2, -0.15) is 0 Å². The van der Waals surface area contributed by atoms with Crippen molar-refractivity contribution >= 4 is 0 Å². The predicted molar refractivity (Wildman–Crippen MR) is 136 cm³/mol. The van der Waals surface area contributed by atoms with Crippen LogP contribution in [0.15, 0.2) is 0 Å². The van der Waals surface area contributed by atoms with Gasteiger partial charge in [0, 0.05) is 0 Å². The molecule has 0 aromatic rings. The highest BCUT2D eigenvalue weighted by Crippen LogP contribution is 2.23. The average molecular weight is 426 g/mol. The summed E-state index contributed by atoms with van der Waals surface area (Å²) >= 11 is 0. The van der Waals surface area contributed by atoms with Gasteiger partial charge in [0.2, 0.25) is 0 Å². The lowest BCUT2D eigenvalue weighted by Crippen LogP contribution is -2.77. The van der Waals surface area contributed by atoms with E-state index in [9.17, 15) is 5.21 Å². The van der Waals surface area contributed by atoms with Crippen LogP contribution < -0.4 is 5.48 Å². The van der Waals surface area contributed by atoms with Crippen LogP contribution in [0, 0.1) is 11.1 Å². The number of unbranched alkanes of at least 4 members (excludes halogenated alkanes) is 18. The first-order chi connectivity index (χ1) is 14.8. The molecule has 0 fully saturated rings. The minimum absolute atomic E-state index is 0.770. The van der Waals surface area contributed by atoms with Gasteiger partial charge >= 0.3 is 0 Å². The molecule has 0 unspecified atom stereocenters. The van der Waals surface area contributed by atoms with Crippen LogP contribution in [0.3, 0.4) is 0 Å². The van der Waals surface area contributed by atoms with E-state index in [2.05, 4.69) is 13.8 Å². The van der Waals surface area contributed by atoms with E-state index in [1.165, 1.54) is 148 Å². The van der Waals surface area contributed by atoms with Crippen molar-refractivity contribution in [2.24, 2.45) is 5.92 Å². The molecule has 2 heteroatoms. The van der Waals surface area contributed by atoms with Crippen molar-refractivity contribution in [3.05, 3.63) is 5.21 Å². The highest BCUT2D eigenvalue weighted by molar-refractivity contribution is 4.61. The maximum atomic E-state index is 10.7. The molecule has 0 aliphatic carbocycles. The van der Waals surface area contributed by atoms with Crippen LogP contribution in [0.25, 0.3) is 0 Å². The second-order valence-electron chi connectivity index (χ2n) is 9.90. The van der Waals surface area contributed by atoms with Gasteiger partial charge in [0.05, 0.1) is 6.54 Å². The second-order valence-corrected chi connectivity index (χ2v) is 9.90. The lowest BCUT2D eigenvalue weighted by molar-refractivity contribution is -0.589. The minimum atomic E-state index is 0.770. The van der Waals surface area contributed by atoms with Crippen molar-refractivity contribution in [1.29, 1.82) is 0 Å². The van der Waals surface area contributed by atoms with E-state index in [0.29, 0.717) is 0 Å². The van der Waals surface area contributed by atoms with Crippen LogP contribution in [0.5, 0.6) is 0 Å². The summed E-state index contributed by atoms with van der Waals surface area (Å²) < 4.78 is 0. The molecule has 0 saturated carbocycles. The van der Waals surface area contributed by atoms with E-state index < -0.39 is 0 Å². The highest BCUT2D eigenvalue weighted by atomic mass is 16.5. The third-order valence-electron chi connectivity index (χ3n) is 6.87. The Hall–Kier alpha value is -0.0800. The van der Waals surface area contributed by atoms with Crippen molar-refractivity contribution in [3.63, 3.8) is 0 Å². The smallest absolute Gasteiger partial charge is 0.0752 e. The Morgan fingerprint density at radius 2 is 0.733 bits per heavy atom. The summed E-state index contributed by atoms with van der Waals surface area (Å²) in [6.45, 7) is 5.36. The number of hydroxylamine groups is 1. The molecule has 0 amide bonds. The van der Waals surface area contributed by atoms with Crippen LogP contribution in [-0.4, -0.2) is 6.54 Å². The summed E-state index contributed by atoms with van der Waals surface area (Å²) in [5.74, 6) is 0.882. The molecule has 0 aromatic heterocycles. The van der Waals surface area contributed by atoms with Gasteiger partial charge < -0.3 is 10.7 Å². The molecule has 2 nitrogen and oxygen atoms in total. The molecule has 0 rings (SSSR count). The summed E-state index contributed by atoms with van der Waals surface area (Å²) in [6.07, 6.45) is 33.8. The lowest BCUT2D eigenvalue weighted by Gasteiger charge is -2.17. The largest absolute Gasteiger partial charge is 0.636 e. The van der Waals surface area contributed by atoms with Crippen molar-refractivity contribution in [2.75, 3.05) is 6.54 Å². The van der Waals surface area contributed by atoms with Crippen LogP contribution in [-0.2, 0) is 0 Å². The maximum absolute atomic E-state index is 10.7. The fraction of sp³-hybridized carbons (Fsp3) is 1.00. The van der Waals surface area contributed by atoms with Gasteiger partial charge in [-0.25, -0.2) is 0 Å². The van der Waals surface area contributed by atoms with Gasteiger partial charge in [-0.15, -0.1) is 0 Å². The van der Waals surface area contributed by atoms with Crippen molar-refractivity contribution in [3.8, 4) is 0 Å².